The van der Waals surface area contributed by atoms with Crippen LogP contribution < -0.4 is 0 Å². The van der Waals surface area contributed by atoms with E-state index in [4.69, 9.17) is 0 Å². The van der Waals surface area contributed by atoms with Crippen LogP contribution in [0.15, 0.2) is 17.6 Å². The summed E-state index contributed by atoms with van der Waals surface area (Å²) in [7, 11) is 0. The van der Waals surface area contributed by atoms with Gasteiger partial charge in [0.2, 0.25) is 0 Å². The van der Waals surface area contributed by atoms with Crippen molar-refractivity contribution >= 4 is 11.3 Å². The predicted molar refractivity (Wildman–Crippen MR) is 77.1 cm³/mol. The molecule has 0 aliphatic carbocycles. The second kappa shape index (κ2) is 5.84. The van der Waals surface area contributed by atoms with Crippen LogP contribution in [-0.2, 0) is 13.0 Å². The molecule has 4 nitrogen and oxygen atoms in total. The third kappa shape index (κ3) is 3.42. The van der Waals surface area contributed by atoms with Gasteiger partial charge in [-0.1, -0.05) is 0 Å². The molecule has 0 radical (unpaired) electrons. The average molecular weight is 276 g/mol. The Morgan fingerprint density at radius 2 is 2.47 bits per heavy atom. The summed E-state index contributed by atoms with van der Waals surface area (Å²) in [6.45, 7) is 5.46. The van der Waals surface area contributed by atoms with Crippen molar-refractivity contribution in [2.75, 3.05) is 13.1 Å². The minimum atomic E-state index is 0.744. The van der Waals surface area contributed by atoms with Crippen molar-refractivity contribution in [2.24, 2.45) is 5.92 Å². The lowest BCUT2D eigenvalue weighted by atomic mass is 9.93. The SMILES string of the molecule is Cc1nc(CN2CCC[C@@H](Cc3ccn[nH]3)C2)cs1. The lowest BCUT2D eigenvalue weighted by Crippen LogP contribution is -2.35. The maximum Gasteiger partial charge on any atom is 0.0897 e. The molecular weight excluding hydrogens is 256 g/mol. The van der Waals surface area contributed by atoms with E-state index in [0.29, 0.717) is 0 Å². The fraction of sp³-hybridized carbons (Fsp3) is 0.571. The number of aryl methyl sites for hydroxylation is 1. The Balaban J connectivity index is 1.55. The summed E-state index contributed by atoms with van der Waals surface area (Å²) in [5.74, 6) is 0.744. The molecule has 5 heteroatoms. The molecule has 1 fully saturated rings. The highest BCUT2D eigenvalue weighted by Gasteiger charge is 2.21. The Labute approximate surface area is 117 Å². The van der Waals surface area contributed by atoms with Crippen molar-refractivity contribution in [3.63, 3.8) is 0 Å². The maximum atomic E-state index is 4.57. The van der Waals surface area contributed by atoms with E-state index in [-0.39, 0.29) is 0 Å². The predicted octanol–water partition coefficient (Wildman–Crippen LogP) is 2.63. The van der Waals surface area contributed by atoms with Gasteiger partial charge < -0.3 is 0 Å². The highest BCUT2D eigenvalue weighted by Crippen LogP contribution is 2.22. The molecule has 2 aromatic heterocycles. The highest BCUT2D eigenvalue weighted by molar-refractivity contribution is 7.09. The molecule has 0 spiro atoms. The summed E-state index contributed by atoms with van der Waals surface area (Å²) in [6.07, 6.45) is 5.58. The Kier molecular flexibility index (Phi) is 3.94. The van der Waals surface area contributed by atoms with E-state index >= 15 is 0 Å². The van der Waals surface area contributed by atoms with E-state index in [1.807, 2.05) is 6.20 Å². The van der Waals surface area contributed by atoms with E-state index in [1.165, 1.54) is 42.3 Å². The molecule has 3 rings (SSSR count). The van der Waals surface area contributed by atoms with Gasteiger partial charge in [0.05, 0.1) is 10.7 Å². The average Bonchev–Trinajstić information content (AvgIpc) is 3.02. The summed E-state index contributed by atoms with van der Waals surface area (Å²) in [5, 5.41) is 10.5. The third-order valence-electron chi connectivity index (χ3n) is 3.72. The quantitative estimate of drug-likeness (QED) is 0.933. The first-order valence-electron chi connectivity index (χ1n) is 6.91. The van der Waals surface area contributed by atoms with E-state index < -0.39 is 0 Å². The number of thiazole rings is 1. The Hall–Kier alpha value is -1.20. The van der Waals surface area contributed by atoms with Crippen molar-refractivity contribution in [3.05, 3.63) is 34.0 Å². The van der Waals surface area contributed by atoms with Crippen molar-refractivity contribution in [3.8, 4) is 0 Å². The van der Waals surface area contributed by atoms with E-state index in [1.54, 1.807) is 11.3 Å². The van der Waals surface area contributed by atoms with Gasteiger partial charge in [-0.15, -0.1) is 11.3 Å². The number of H-pyrrole nitrogens is 1. The number of likely N-dealkylation sites (tertiary alicyclic amines) is 1. The van der Waals surface area contributed by atoms with E-state index in [0.717, 1.165) is 18.9 Å². The van der Waals surface area contributed by atoms with Gasteiger partial charge in [-0.25, -0.2) is 4.98 Å². The number of rotatable bonds is 4. The molecule has 0 unspecified atom stereocenters. The first-order valence-corrected chi connectivity index (χ1v) is 7.79. The number of aromatic nitrogens is 3. The molecule has 1 N–H and O–H groups in total. The zero-order chi connectivity index (χ0) is 13.1. The molecule has 2 aromatic rings. The van der Waals surface area contributed by atoms with Gasteiger partial charge in [0.15, 0.2) is 0 Å². The molecule has 1 saturated heterocycles. The van der Waals surface area contributed by atoms with Crippen molar-refractivity contribution in [1.29, 1.82) is 0 Å². The normalized spacial score (nSPS) is 20.8. The Morgan fingerprint density at radius 3 is 3.21 bits per heavy atom. The van der Waals surface area contributed by atoms with Crippen LogP contribution in [0.1, 0.15) is 29.2 Å². The molecule has 1 aliphatic rings. The fourth-order valence-corrected chi connectivity index (χ4v) is 3.48. The largest absolute Gasteiger partial charge is 0.297 e. The van der Waals surface area contributed by atoms with Gasteiger partial charge in [0.1, 0.15) is 0 Å². The van der Waals surface area contributed by atoms with Gasteiger partial charge in [-0.05, 0) is 44.7 Å². The zero-order valence-electron chi connectivity index (χ0n) is 11.3. The second-order valence-corrected chi connectivity index (χ2v) is 6.45. The van der Waals surface area contributed by atoms with Gasteiger partial charge in [0.25, 0.3) is 0 Å². The molecule has 0 saturated carbocycles. The van der Waals surface area contributed by atoms with Gasteiger partial charge in [0, 0.05) is 30.4 Å². The summed E-state index contributed by atoms with van der Waals surface area (Å²) in [4.78, 5) is 7.11. The number of nitrogens with one attached hydrogen (secondary N) is 1. The van der Waals surface area contributed by atoms with Crippen LogP contribution in [0.5, 0.6) is 0 Å². The molecular formula is C14H20N4S. The number of hydrogen-bond acceptors (Lipinski definition) is 4. The van der Waals surface area contributed by atoms with Crippen LogP contribution in [-0.4, -0.2) is 33.2 Å². The zero-order valence-corrected chi connectivity index (χ0v) is 12.1. The number of nitrogens with zero attached hydrogens (tertiary/aromatic N) is 3. The van der Waals surface area contributed by atoms with E-state index in [9.17, 15) is 0 Å². The van der Waals surface area contributed by atoms with Crippen LogP contribution in [0.4, 0.5) is 0 Å². The topological polar surface area (TPSA) is 44.8 Å². The first-order chi connectivity index (χ1) is 9.29. The molecule has 1 atom stereocenters. The van der Waals surface area contributed by atoms with Crippen LogP contribution in [0.25, 0.3) is 0 Å². The maximum absolute atomic E-state index is 4.57. The third-order valence-corrected chi connectivity index (χ3v) is 4.54. The number of aromatic amines is 1. The molecule has 3 heterocycles. The molecule has 0 aromatic carbocycles. The summed E-state index contributed by atoms with van der Waals surface area (Å²) < 4.78 is 0. The molecule has 0 amide bonds. The Morgan fingerprint density at radius 1 is 1.53 bits per heavy atom. The first kappa shape index (κ1) is 12.8. The highest BCUT2D eigenvalue weighted by atomic mass is 32.1. The van der Waals surface area contributed by atoms with Gasteiger partial charge in [-0.2, -0.15) is 5.10 Å². The van der Waals surface area contributed by atoms with E-state index in [2.05, 4.69) is 38.5 Å². The molecule has 102 valence electrons. The fourth-order valence-electron chi connectivity index (χ4n) is 2.88. The Bertz CT molecular complexity index is 505. The monoisotopic (exact) mass is 276 g/mol. The standard InChI is InChI=1S/C14H20N4S/c1-11-16-14(10-19-11)9-18-6-2-3-12(8-18)7-13-4-5-15-17-13/h4-5,10,12H,2-3,6-9H2,1H3,(H,15,17)/t12-/m0/s1. The van der Waals surface area contributed by atoms with Crippen molar-refractivity contribution < 1.29 is 0 Å². The summed E-state index contributed by atoms with van der Waals surface area (Å²) in [6, 6.07) is 2.09. The summed E-state index contributed by atoms with van der Waals surface area (Å²) >= 11 is 1.75. The minimum absolute atomic E-state index is 0.744. The summed E-state index contributed by atoms with van der Waals surface area (Å²) in [5.41, 5.74) is 2.49. The lowest BCUT2D eigenvalue weighted by Gasteiger charge is -2.32. The van der Waals surface area contributed by atoms with Gasteiger partial charge in [-0.3, -0.25) is 10.00 Å². The van der Waals surface area contributed by atoms with Crippen molar-refractivity contribution in [1.82, 2.24) is 20.1 Å². The molecule has 0 bridgehead atoms. The second-order valence-electron chi connectivity index (χ2n) is 5.39. The van der Waals surface area contributed by atoms with Crippen LogP contribution in [0.3, 0.4) is 0 Å². The number of piperidine rings is 1. The van der Waals surface area contributed by atoms with Gasteiger partial charge >= 0.3 is 0 Å². The molecule has 1 aliphatic heterocycles. The lowest BCUT2D eigenvalue weighted by molar-refractivity contribution is 0.165. The van der Waals surface area contributed by atoms with Crippen molar-refractivity contribution in [2.45, 2.75) is 32.7 Å². The van der Waals surface area contributed by atoms with Crippen LogP contribution in [0, 0.1) is 12.8 Å². The molecule has 19 heavy (non-hydrogen) atoms. The smallest absolute Gasteiger partial charge is 0.0897 e. The van der Waals surface area contributed by atoms with Crippen LogP contribution in [0.2, 0.25) is 0 Å². The van der Waals surface area contributed by atoms with Crippen LogP contribution >= 0.6 is 11.3 Å². The number of hydrogen-bond donors (Lipinski definition) is 1. The minimum Gasteiger partial charge on any atom is -0.297 e.